The molecule has 2 heterocycles. The molecule has 1 aliphatic rings. The maximum atomic E-state index is 9.97. The Morgan fingerprint density at radius 1 is 1.25 bits per heavy atom. The quantitative estimate of drug-likeness (QED) is 0.925. The van der Waals surface area contributed by atoms with E-state index in [0.29, 0.717) is 6.42 Å². The summed E-state index contributed by atoms with van der Waals surface area (Å²) < 4.78 is 0. The van der Waals surface area contributed by atoms with Gasteiger partial charge in [0.05, 0.1) is 6.10 Å². The number of aromatic nitrogens is 1. The molecule has 1 aliphatic heterocycles. The Morgan fingerprint density at radius 3 is 2.80 bits per heavy atom. The van der Waals surface area contributed by atoms with Gasteiger partial charge in [0, 0.05) is 23.5 Å². The van der Waals surface area contributed by atoms with Gasteiger partial charge in [-0.25, -0.2) is 4.98 Å². The smallest absolute Gasteiger partial charge is 0.133 e. The molecule has 104 valence electrons. The lowest BCUT2D eigenvalue weighted by atomic mass is 10.1. The summed E-state index contributed by atoms with van der Waals surface area (Å²) in [5.41, 5.74) is 4.48. The number of benzene rings is 1. The van der Waals surface area contributed by atoms with E-state index in [0.717, 1.165) is 30.0 Å². The summed E-state index contributed by atoms with van der Waals surface area (Å²) in [6.45, 7) is 4.93. The molecule has 1 N–H and O–H groups in total. The van der Waals surface area contributed by atoms with E-state index in [1.54, 1.807) is 0 Å². The van der Waals surface area contributed by atoms with E-state index in [1.165, 1.54) is 11.3 Å². The number of pyridine rings is 1. The van der Waals surface area contributed by atoms with Crippen LogP contribution in [0, 0.1) is 6.92 Å². The van der Waals surface area contributed by atoms with E-state index in [1.807, 2.05) is 26.0 Å². The molecule has 2 aromatic rings. The molecule has 0 aliphatic carbocycles. The normalized spacial score (nSPS) is 15.2. The van der Waals surface area contributed by atoms with Crippen LogP contribution >= 0.6 is 0 Å². The number of para-hydroxylation sites is 1. The molecular formula is C17H20N2O. The van der Waals surface area contributed by atoms with Gasteiger partial charge in [-0.05, 0) is 37.5 Å². The van der Waals surface area contributed by atoms with Crippen LogP contribution in [0.4, 0.5) is 11.5 Å². The van der Waals surface area contributed by atoms with Crippen molar-refractivity contribution < 1.29 is 5.11 Å². The molecule has 3 nitrogen and oxygen atoms in total. The van der Waals surface area contributed by atoms with Gasteiger partial charge in [0.15, 0.2) is 0 Å². The van der Waals surface area contributed by atoms with Gasteiger partial charge >= 0.3 is 0 Å². The van der Waals surface area contributed by atoms with Crippen molar-refractivity contribution in [2.75, 3.05) is 11.4 Å². The summed E-state index contributed by atoms with van der Waals surface area (Å²) in [6, 6.07) is 12.5. The van der Waals surface area contributed by atoms with Gasteiger partial charge in [0.1, 0.15) is 5.82 Å². The number of aliphatic hydroxyl groups is 1. The molecule has 3 heteroatoms. The highest BCUT2D eigenvalue weighted by atomic mass is 16.3. The first-order valence-corrected chi connectivity index (χ1v) is 7.21. The molecule has 0 saturated carbocycles. The molecular weight excluding hydrogens is 248 g/mol. The number of fused-ring (bicyclic) bond motifs is 1. The number of aliphatic hydroxyl groups excluding tert-OH is 1. The number of rotatable bonds is 3. The Morgan fingerprint density at radius 2 is 2.05 bits per heavy atom. The highest BCUT2D eigenvalue weighted by Crippen LogP contribution is 2.34. The second kappa shape index (κ2) is 5.25. The van der Waals surface area contributed by atoms with Crippen molar-refractivity contribution >= 4 is 11.5 Å². The number of hydrogen-bond donors (Lipinski definition) is 1. The maximum absolute atomic E-state index is 9.97. The van der Waals surface area contributed by atoms with Gasteiger partial charge in [-0.15, -0.1) is 0 Å². The lowest BCUT2D eigenvalue weighted by molar-refractivity contribution is 0.172. The van der Waals surface area contributed by atoms with Gasteiger partial charge in [-0.3, -0.25) is 0 Å². The van der Waals surface area contributed by atoms with E-state index < -0.39 is 6.10 Å². The van der Waals surface area contributed by atoms with Crippen molar-refractivity contribution in [2.24, 2.45) is 0 Å². The van der Waals surface area contributed by atoms with Crippen LogP contribution in [0.2, 0.25) is 0 Å². The number of nitrogens with zero attached hydrogens (tertiary/aromatic N) is 2. The zero-order valence-electron chi connectivity index (χ0n) is 12.0. The fourth-order valence-corrected chi connectivity index (χ4v) is 2.86. The standard InChI is InChI=1S/C17H20N2O/c1-3-16(20)14-8-9-17(18-12(14)2)19-11-10-13-6-4-5-7-15(13)19/h4-9,16,20H,3,10-11H2,1-2H3/t16-/m0/s1. The van der Waals surface area contributed by atoms with Crippen molar-refractivity contribution in [3.63, 3.8) is 0 Å². The van der Waals surface area contributed by atoms with E-state index in [9.17, 15) is 5.11 Å². The minimum Gasteiger partial charge on any atom is -0.388 e. The third kappa shape index (κ3) is 2.18. The SMILES string of the molecule is CC[C@H](O)c1ccc(N2CCc3ccccc32)nc1C. The Labute approximate surface area is 119 Å². The first kappa shape index (κ1) is 13.1. The monoisotopic (exact) mass is 268 g/mol. The first-order chi connectivity index (χ1) is 9.70. The third-order valence-electron chi connectivity index (χ3n) is 4.02. The molecule has 1 atom stereocenters. The lowest BCUT2D eigenvalue weighted by Crippen LogP contribution is -2.15. The van der Waals surface area contributed by atoms with Gasteiger partial charge in [0.25, 0.3) is 0 Å². The number of aryl methyl sites for hydroxylation is 1. The van der Waals surface area contributed by atoms with Crippen LogP contribution in [-0.2, 0) is 6.42 Å². The van der Waals surface area contributed by atoms with E-state index >= 15 is 0 Å². The minimum atomic E-state index is -0.414. The summed E-state index contributed by atoms with van der Waals surface area (Å²) in [6.07, 6.45) is 1.37. The molecule has 1 aromatic carbocycles. The molecule has 20 heavy (non-hydrogen) atoms. The fraction of sp³-hybridized carbons (Fsp3) is 0.353. The van der Waals surface area contributed by atoms with E-state index in [4.69, 9.17) is 0 Å². The highest BCUT2D eigenvalue weighted by molar-refractivity contribution is 5.67. The van der Waals surface area contributed by atoms with Crippen LogP contribution in [0.15, 0.2) is 36.4 Å². The van der Waals surface area contributed by atoms with E-state index in [2.05, 4.69) is 34.1 Å². The van der Waals surface area contributed by atoms with Crippen molar-refractivity contribution in [2.45, 2.75) is 32.8 Å². The molecule has 0 fully saturated rings. The number of hydrogen-bond acceptors (Lipinski definition) is 3. The van der Waals surface area contributed by atoms with Gasteiger partial charge in [-0.2, -0.15) is 0 Å². The molecule has 0 bridgehead atoms. The predicted octanol–water partition coefficient (Wildman–Crippen LogP) is 3.53. The highest BCUT2D eigenvalue weighted by Gasteiger charge is 2.21. The lowest BCUT2D eigenvalue weighted by Gasteiger charge is -2.20. The minimum absolute atomic E-state index is 0.414. The van der Waals surface area contributed by atoms with Crippen LogP contribution in [0.5, 0.6) is 0 Å². The summed E-state index contributed by atoms with van der Waals surface area (Å²) in [4.78, 5) is 6.94. The van der Waals surface area contributed by atoms with Gasteiger partial charge < -0.3 is 10.0 Å². The largest absolute Gasteiger partial charge is 0.388 e. The van der Waals surface area contributed by atoms with Crippen LogP contribution in [0.25, 0.3) is 0 Å². The van der Waals surface area contributed by atoms with Gasteiger partial charge in [-0.1, -0.05) is 31.2 Å². The Kier molecular flexibility index (Phi) is 3.45. The molecule has 0 amide bonds. The molecule has 1 aromatic heterocycles. The molecule has 0 spiro atoms. The Bertz CT molecular complexity index is 624. The summed E-state index contributed by atoms with van der Waals surface area (Å²) in [7, 11) is 0. The van der Waals surface area contributed by atoms with Crippen LogP contribution in [-0.4, -0.2) is 16.6 Å². The average Bonchev–Trinajstić information content (AvgIpc) is 2.90. The average molecular weight is 268 g/mol. The summed E-state index contributed by atoms with van der Waals surface area (Å²) in [5, 5.41) is 9.97. The fourth-order valence-electron chi connectivity index (χ4n) is 2.86. The van der Waals surface area contributed by atoms with Crippen LogP contribution < -0.4 is 4.90 Å². The molecule has 0 saturated heterocycles. The topological polar surface area (TPSA) is 36.4 Å². The molecule has 0 unspecified atom stereocenters. The number of anilines is 2. The van der Waals surface area contributed by atoms with E-state index in [-0.39, 0.29) is 0 Å². The predicted molar refractivity (Wildman–Crippen MR) is 81.4 cm³/mol. The maximum Gasteiger partial charge on any atom is 0.133 e. The zero-order valence-corrected chi connectivity index (χ0v) is 12.0. The molecule has 0 radical (unpaired) electrons. The molecule has 3 rings (SSSR count). The zero-order chi connectivity index (χ0) is 14.1. The second-order valence-corrected chi connectivity index (χ2v) is 5.30. The summed E-state index contributed by atoms with van der Waals surface area (Å²) in [5.74, 6) is 0.972. The van der Waals surface area contributed by atoms with Gasteiger partial charge in [0.2, 0.25) is 0 Å². The van der Waals surface area contributed by atoms with Crippen molar-refractivity contribution in [1.82, 2.24) is 4.98 Å². The van der Waals surface area contributed by atoms with Crippen molar-refractivity contribution in [1.29, 1.82) is 0 Å². The van der Waals surface area contributed by atoms with Crippen LogP contribution in [0.1, 0.15) is 36.3 Å². The second-order valence-electron chi connectivity index (χ2n) is 5.30. The first-order valence-electron chi connectivity index (χ1n) is 7.21. The van der Waals surface area contributed by atoms with Crippen molar-refractivity contribution in [3.8, 4) is 0 Å². The van der Waals surface area contributed by atoms with Crippen LogP contribution in [0.3, 0.4) is 0 Å². The van der Waals surface area contributed by atoms with Crippen molar-refractivity contribution in [3.05, 3.63) is 53.2 Å². The Hall–Kier alpha value is -1.87. The third-order valence-corrected chi connectivity index (χ3v) is 4.02. The summed E-state index contributed by atoms with van der Waals surface area (Å²) >= 11 is 0. The Balaban J connectivity index is 1.95.